The van der Waals surface area contributed by atoms with Gasteiger partial charge in [-0.1, -0.05) is 0 Å². The summed E-state index contributed by atoms with van der Waals surface area (Å²) in [5.74, 6) is 1.54. The van der Waals surface area contributed by atoms with Crippen molar-refractivity contribution in [2.75, 3.05) is 53.1 Å². The van der Waals surface area contributed by atoms with Gasteiger partial charge in [0.25, 0.3) is 0 Å². The molecule has 1 aromatic carbocycles. The van der Waals surface area contributed by atoms with E-state index in [1.165, 1.54) is 5.56 Å². The molecule has 1 heterocycles. The molecular weight excluding hydrogens is 360 g/mol. The van der Waals surface area contributed by atoms with Crippen molar-refractivity contribution < 1.29 is 14.2 Å². The first kappa shape index (κ1) is 18.5. The number of nitrogens with zero attached hydrogens (tertiary/aromatic N) is 1. The van der Waals surface area contributed by atoms with E-state index in [4.69, 9.17) is 14.2 Å². The number of rotatable bonds is 9. The average molecular weight is 387 g/mol. The van der Waals surface area contributed by atoms with Gasteiger partial charge in [0, 0.05) is 19.6 Å². The summed E-state index contributed by atoms with van der Waals surface area (Å²) in [6.45, 7) is 9.40. The van der Waals surface area contributed by atoms with Gasteiger partial charge in [0.05, 0.1) is 31.4 Å². The lowest BCUT2D eigenvalue weighted by atomic mass is 10.2. The van der Waals surface area contributed by atoms with Gasteiger partial charge < -0.3 is 19.5 Å². The van der Waals surface area contributed by atoms with E-state index in [9.17, 15) is 0 Å². The second-order valence-electron chi connectivity index (χ2n) is 5.53. The second kappa shape index (κ2) is 10.1. The van der Waals surface area contributed by atoms with E-state index in [1.807, 2.05) is 13.0 Å². The van der Waals surface area contributed by atoms with Gasteiger partial charge in [-0.2, -0.15) is 0 Å². The molecule has 5 nitrogen and oxygen atoms in total. The number of morpholine rings is 1. The van der Waals surface area contributed by atoms with Gasteiger partial charge in [0.2, 0.25) is 0 Å². The van der Waals surface area contributed by atoms with Crippen molar-refractivity contribution in [2.24, 2.45) is 0 Å². The minimum atomic E-state index is 0.619. The lowest BCUT2D eigenvalue weighted by Crippen LogP contribution is -2.37. The Bertz CT molecular complexity index is 479. The summed E-state index contributed by atoms with van der Waals surface area (Å²) in [5, 5.41) is 3.50. The number of nitrogens with one attached hydrogen (secondary N) is 1. The summed E-state index contributed by atoms with van der Waals surface area (Å²) in [7, 11) is 1.67. The van der Waals surface area contributed by atoms with Gasteiger partial charge >= 0.3 is 0 Å². The van der Waals surface area contributed by atoms with E-state index in [1.54, 1.807) is 7.11 Å². The molecule has 1 aliphatic rings. The molecule has 0 bridgehead atoms. The highest BCUT2D eigenvalue weighted by Crippen LogP contribution is 2.36. The summed E-state index contributed by atoms with van der Waals surface area (Å²) in [6, 6.07) is 4.12. The highest BCUT2D eigenvalue weighted by atomic mass is 79.9. The van der Waals surface area contributed by atoms with Crippen LogP contribution in [0, 0.1) is 0 Å². The molecule has 1 aliphatic heterocycles. The Balaban J connectivity index is 1.75. The molecule has 6 heteroatoms. The molecule has 0 amide bonds. The number of hydrogen-bond donors (Lipinski definition) is 1. The van der Waals surface area contributed by atoms with Crippen molar-refractivity contribution in [1.29, 1.82) is 0 Å². The number of hydrogen-bond acceptors (Lipinski definition) is 5. The van der Waals surface area contributed by atoms with Crippen molar-refractivity contribution >= 4 is 15.9 Å². The van der Waals surface area contributed by atoms with Crippen LogP contribution in [-0.2, 0) is 11.3 Å². The van der Waals surface area contributed by atoms with Crippen molar-refractivity contribution in [3.8, 4) is 11.5 Å². The van der Waals surface area contributed by atoms with Gasteiger partial charge in [-0.25, -0.2) is 0 Å². The molecule has 1 aromatic rings. The highest BCUT2D eigenvalue weighted by molar-refractivity contribution is 9.10. The first-order valence-corrected chi connectivity index (χ1v) is 9.04. The van der Waals surface area contributed by atoms with E-state index >= 15 is 0 Å². The Kier molecular flexibility index (Phi) is 8.16. The van der Waals surface area contributed by atoms with E-state index in [0.29, 0.717) is 6.61 Å². The van der Waals surface area contributed by atoms with Crippen LogP contribution in [0.3, 0.4) is 0 Å². The fourth-order valence-corrected chi connectivity index (χ4v) is 3.25. The third kappa shape index (κ3) is 5.95. The predicted octanol–water partition coefficient (Wildman–Crippen LogP) is 2.67. The van der Waals surface area contributed by atoms with Crippen molar-refractivity contribution in [2.45, 2.75) is 19.9 Å². The van der Waals surface area contributed by atoms with Crippen LogP contribution in [0.2, 0.25) is 0 Å². The number of benzene rings is 1. The highest BCUT2D eigenvalue weighted by Gasteiger charge is 2.11. The first-order valence-electron chi connectivity index (χ1n) is 8.24. The molecule has 0 saturated carbocycles. The first-order chi connectivity index (χ1) is 11.2. The smallest absolute Gasteiger partial charge is 0.175 e. The molecule has 130 valence electrons. The zero-order valence-corrected chi connectivity index (χ0v) is 15.7. The van der Waals surface area contributed by atoms with E-state index in [0.717, 1.165) is 68.3 Å². The minimum absolute atomic E-state index is 0.619. The number of methoxy groups -OCH3 is 1. The van der Waals surface area contributed by atoms with Crippen LogP contribution in [0.15, 0.2) is 16.6 Å². The molecule has 23 heavy (non-hydrogen) atoms. The van der Waals surface area contributed by atoms with E-state index in [-0.39, 0.29) is 0 Å². The van der Waals surface area contributed by atoms with Crippen molar-refractivity contribution in [3.05, 3.63) is 22.2 Å². The third-order valence-corrected chi connectivity index (χ3v) is 4.43. The zero-order valence-electron chi connectivity index (χ0n) is 14.1. The predicted molar refractivity (Wildman–Crippen MR) is 95.4 cm³/mol. The minimum Gasteiger partial charge on any atom is -0.493 e. The maximum absolute atomic E-state index is 5.62. The Labute approximate surface area is 147 Å². The molecule has 0 radical (unpaired) electrons. The molecule has 0 atom stereocenters. The van der Waals surface area contributed by atoms with Crippen molar-refractivity contribution in [3.63, 3.8) is 0 Å². The fourth-order valence-electron chi connectivity index (χ4n) is 2.64. The monoisotopic (exact) mass is 386 g/mol. The van der Waals surface area contributed by atoms with Gasteiger partial charge in [-0.3, -0.25) is 4.90 Å². The second-order valence-corrected chi connectivity index (χ2v) is 6.38. The third-order valence-electron chi connectivity index (χ3n) is 3.84. The molecule has 0 aliphatic carbocycles. The van der Waals surface area contributed by atoms with Gasteiger partial charge in [0.15, 0.2) is 11.5 Å². The van der Waals surface area contributed by atoms with Crippen LogP contribution in [0.5, 0.6) is 11.5 Å². The summed E-state index contributed by atoms with van der Waals surface area (Å²) >= 11 is 3.56. The molecule has 0 spiro atoms. The van der Waals surface area contributed by atoms with Gasteiger partial charge in [0.1, 0.15) is 0 Å². The van der Waals surface area contributed by atoms with Crippen molar-refractivity contribution in [1.82, 2.24) is 10.2 Å². The maximum Gasteiger partial charge on any atom is 0.175 e. The normalized spacial score (nSPS) is 15.6. The van der Waals surface area contributed by atoms with E-state index in [2.05, 4.69) is 32.2 Å². The molecule has 1 N–H and O–H groups in total. The summed E-state index contributed by atoms with van der Waals surface area (Å²) in [4.78, 5) is 2.46. The Morgan fingerprint density at radius 3 is 2.78 bits per heavy atom. The molecule has 0 aromatic heterocycles. The molecular formula is C17H27BrN2O3. The SMILES string of the molecule is CCOc1c(Br)cc(CNCCCN2CCOCC2)cc1OC. The maximum atomic E-state index is 5.62. The van der Waals surface area contributed by atoms with Gasteiger partial charge in [-0.05, 0) is 60.1 Å². The standard InChI is InChI=1S/C17H27BrN2O3/c1-3-23-17-15(18)11-14(12-16(17)21-2)13-19-5-4-6-20-7-9-22-10-8-20/h11-12,19H,3-10,13H2,1-2H3. The average Bonchev–Trinajstić information content (AvgIpc) is 2.57. The number of ether oxygens (including phenoxy) is 3. The van der Waals surface area contributed by atoms with Crippen LogP contribution >= 0.6 is 15.9 Å². The van der Waals surface area contributed by atoms with Crippen LogP contribution in [0.4, 0.5) is 0 Å². The molecule has 1 saturated heterocycles. The topological polar surface area (TPSA) is 43.0 Å². The molecule has 1 fully saturated rings. The molecule has 2 rings (SSSR count). The lowest BCUT2D eigenvalue weighted by Gasteiger charge is -2.26. The fraction of sp³-hybridized carbons (Fsp3) is 0.647. The quantitative estimate of drug-likeness (QED) is 0.660. The zero-order chi connectivity index (χ0) is 16.5. The largest absolute Gasteiger partial charge is 0.493 e. The summed E-state index contributed by atoms with van der Waals surface area (Å²) < 4.78 is 17.3. The van der Waals surface area contributed by atoms with Crippen LogP contribution in [0.1, 0.15) is 18.9 Å². The Hall–Kier alpha value is -0.820. The van der Waals surface area contributed by atoms with Gasteiger partial charge in [-0.15, -0.1) is 0 Å². The van der Waals surface area contributed by atoms with Crippen LogP contribution in [-0.4, -0.2) is 58.0 Å². The Morgan fingerprint density at radius 1 is 1.30 bits per heavy atom. The summed E-state index contributed by atoms with van der Waals surface area (Å²) in [6.07, 6.45) is 1.15. The number of halogens is 1. The Morgan fingerprint density at radius 2 is 2.09 bits per heavy atom. The lowest BCUT2D eigenvalue weighted by molar-refractivity contribution is 0.0374. The summed E-state index contributed by atoms with van der Waals surface area (Å²) in [5.41, 5.74) is 1.18. The van der Waals surface area contributed by atoms with E-state index < -0.39 is 0 Å². The molecule has 0 unspecified atom stereocenters. The van der Waals surface area contributed by atoms with Crippen LogP contribution in [0.25, 0.3) is 0 Å². The van der Waals surface area contributed by atoms with Crippen LogP contribution < -0.4 is 14.8 Å².